The first-order valence-electron chi connectivity index (χ1n) is 8.95. The van der Waals surface area contributed by atoms with Gasteiger partial charge in [0.05, 0.1) is 14.2 Å². The first kappa shape index (κ1) is 20.2. The van der Waals surface area contributed by atoms with Crippen LogP contribution in [0.2, 0.25) is 0 Å². The Morgan fingerprint density at radius 3 is 2.45 bits per heavy atom. The fraction of sp³-hybridized carbons (Fsp3) is 0.286. The number of urea groups is 1. The first-order valence-corrected chi connectivity index (χ1v) is 8.95. The standard InChI is InChI=1S/C21H22N2O6/c1-21(15-7-5-4-6-8-15)19(25)23(20(26)22-21)12-18(24)29-13-14-11-16(27-2)9-10-17(14)28-3/h4-11H,12-13H2,1-3H3,(H,22,26)/t21-/m0/s1. The summed E-state index contributed by atoms with van der Waals surface area (Å²) in [5, 5.41) is 2.65. The van der Waals surface area contributed by atoms with E-state index in [0.29, 0.717) is 22.6 Å². The molecule has 3 rings (SSSR count). The molecule has 29 heavy (non-hydrogen) atoms. The van der Waals surface area contributed by atoms with Gasteiger partial charge in [-0.05, 0) is 30.7 Å². The second kappa shape index (κ2) is 8.22. The van der Waals surface area contributed by atoms with Crippen LogP contribution in [-0.4, -0.2) is 43.6 Å². The van der Waals surface area contributed by atoms with E-state index in [1.165, 1.54) is 14.2 Å². The van der Waals surface area contributed by atoms with Crippen LogP contribution in [0, 0.1) is 0 Å². The van der Waals surface area contributed by atoms with Gasteiger partial charge in [-0.3, -0.25) is 14.5 Å². The lowest BCUT2D eigenvalue weighted by Gasteiger charge is -2.22. The average molecular weight is 398 g/mol. The van der Waals surface area contributed by atoms with E-state index in [2.05, 4.69) is 5.32 Å². The number of carbonyl (C=O) groups excluding carboxylic acids is 3. The largest absolute Gasteiger partial charge is 0.497 e. The molecule has 1 fully saturated rings. The van der Waals surface area contributed by atoms with E-state index in [1.807, 2.05) is 6.07 Å². The van der Waals surface area contributed by atoms with Crippen molar-refractivity contribution in [2.45, 2.75) is 19.1 Å². The van der Waals surface area contributed by atoms with Crippen LogP contribution in [-0.2, 0) is 26.5 Å². The summed E-state index contributed by atoms with van der Waals surface area (Å²) in [6.07, 6.45) is 0. The van der Waals surface area contributed by atoms with Crippen molar-refractivity contribution in [1.29, 1.82) is 0 Å². The zero-order chi connectivity index (χ0) is 21.0. The smallest absolute Gasteiger partial charge is 0.326 e. The van der Waals surface area contributed by atoms with E-state index >= 15 is 0 Å². The van der Waals surface area contributed by atoms with Crippen LogP contribution in [0.3, 0.4) is 0 Å². The molecule has 1 aliphatic rings. The molecule has 0 spiro atoms. The number of nitrogens with one attached hydrogen (secondary N) is 1. The Morgan fingerprint density at radius 2 is 1.79 bits per heavy atom. The lowest BCUT2D eigenvalue weighted by molar-refractivity contribution is -0.148. The van der Waals surface area contributed by atoms with Gasteiger partial charge in [-0.25, -0.2) is 4.79 Å². The fourth-order valence-electron chi connectivity index (χ4n) is 3.14. The maximum Gasteiger partial charge on any atom is 0.326 e. The molecule has 0 unspecified atom stereocenters. The van der Waals surface area contributed by atoms with Gasteiger partial charge in [0.1, 0.15) is 30.2 Å². The fourth-order valence-corrected chi connectivity index (χ4v) is 3.14. The van der Waals surface area contributed by atoms with Crippen molar-refractivity contribution in [3.05, 3.63) is 59.7 Å². The predicted molar refractivity (Wildman–Crippen MR) is 103 cm³/mol. The monoisotopic (exact) mass is 398 g/mol. The number of methoxy groups -OCH3 is 2. The van der Waals surface area contributed by atoms with Crippen molar-refractivity contribution < 1.29 is 28.6 Å². The number of nitrogens with zero attached hydrogens (tertiary/aromatic N) is 1. The van der Waals surface area contributed by atoms with Crippen molar-refractivity contribution >= 4 is 17.9 Å². The molecule has 2 aromatic carbocycles. The lowest BCUT2D eigenvalue weighted by atomic mass is 9.92. The van der Waals surface area contributed by atoms with Gasteiger partial charge in [-0.1, -0.05) is 30.3 Å². The van der Waals surface area contributed by atoms with Crippen LogP contribution < -0.4 is 14.8 Å². The van der Waals surface area contributed by atoms with Crippen molar-refractivity contribution in [2.24, 2.45) is 0 Å². The topological polar surface area (TPSA) is 94.2 Å². The van der Waals surface area contributed by atoms with Crippen molar-refractivity contribution in [3.8, 4) is 11.5 Å². The summed E-state index contributed by atoms with van der Waals surface area (Å²) >= 11 is 0. The minimum absolute atomic E-state index is 0.0845. The van der Waals surface area contributed by atoms with Crippen LogP contribution in [0.25, 0.3) is 0 Å². The minimum Gasteiger partial charge on any atom is -0.497 e. The summed E-state index contributed by atoms with van der Waals surface area (Å²) in [6, 6.07) is 13.3. The maximum atomic E-state index is 12.8. The van der Waals surface area contributed by atoms with E-state index in [4.69, 9.17) is 14.2 Å². The molecule has 0 aliphatic carbocycles. The number of imide groups is 1. The number of rotatable bonds is 7. The van der Waals surface area contributed by atoms with Gasteiger partial charge in [0.25, 0.3) is 5.91 Å². The highest BCUT2D eigenvalue weighted by Crippen LogP contribution is 2.29. The molecule has 0 saturated carbocycles. The highest BCUT2D eigenvalue weighted by atomic mass is 16.5. The predicted octanol–water partition coefficient (Wildman–Crippen LogP) is 2.21. The number of hydrogen-bond acceptors (Lipinski definition) is 6. The molecular weight excluding hydrogens is 376 g/mol. The van der Waals surface area contributed by atoms with E-state index in [-0.39, 0.29) is 6.61 Å². The minimum atomic E-state index is -1.23. The maximum absolute atomic E-state index is 12.8. The number of amides is 3. The number of esters is 1. The molecule has 1 N–H and O–H groups in total. The Kier molecular flexibility index (Phi) is 5.72. The molecule has 1 saturated heterocycles. The molecule has 8 nitrogen and oxygen atoms in total. The molecule has 0 bridgehead atoms. The molecule has 1 atom stereocenters. The van der Waals surface area contributed by atoms with E-state index in [1.54, 1.807) is 49.4 Å². The van der Waals surface area contributed by atoms with E-state index < -0.39 is 30.0 Å². The third-order valence-corrected chi connectivity index (χ3v) is 4.79. The number of ether oxygens (including phenoxy) is 3. The summed E-state index contributed by atoms with van der Waals surface area (Å²) in [5.41, 5.74) is 0.0103. The van der Waals surface area contributed by atoms with Crippen molar-refractivity contribution in [1.82, 2.24) is 10.2 Å². The van der Waals surface area contributed by atoms with Crippen molar-refractivity contribution in [2.75, 3.05) is 20.8 Å². The molecule has 8 heteroatoms. The van der Waals surface area contributed by atoms with Crippen LogP contribution in [0.5, 0.6) is 11.5 Å². The number of carbonyl (C=O) groups is 3. The Morgan fingerprint density at radius 1 is 1.07 bits per heavy atom. The van der Waals surface area contributed by atoms with Crippen LogP contribution in [0.15, 0.2) is 48.5 Å². The summed E-state index contributed by atoms with van der Waals surface area (Å²) < 4.78 is 15.7. The molecule has 1 aliphatic heterocycles. The number of hydrogen-bond donors (Lipinski definition) is 1. The van der Waals surface area contributed by atoms with Gasteiger partial charge in [0.15, 0.2) is 0 Å². The molecule has 0 radical (unpaired) electrons. The van der Waals surface area contributed by atoms with Crippen LogP contribution >= 0.6 is 0 Å². The zero-order valence-corrected chi connectivity index (χ0v) is 16.4. The molecule has 2 aromatic rings. The third-order valence-electron chi connectivity index (χ3n) is 4.79. The lowest BCUT2D eigenvalue weighted by Crippen LogP contribution is -2.41. The zero-order valence-electron chi connectivity index (χ0n) is 16.4. The summed E-state index contributed by atoms with van der Waals surface area (Å²) in [5.74, 6) is -0.102. The van der Waals surface area contributed by atoms with Gasteiger partial charge in [-0.15, -0.1) is 0 Å². The quantitative estimate of drug-likeness (QED) is 0.568. The second-order valence-electron chi connectivity index (χ2n) is 6.65. The van der Waals surface area contributed by atoms with Crippen molar-refractivity contribution in [3.63, 3.8) is 0 Å². The highest BCUT2D eigenvalue weighted by molar-refractivity contribution is 6.08. The molecule has 3 amide bonds. The van der Waals surface area contributed by atoms with E-state index in [9.17, 15) is 14.4 Å². The second-order valence-corrected chi connectivity index (χ2v) is 6.65. The van der Waals surface area contributed by atoms with Gasteiger partial charge in [0, 0.05) is 5.56 Å². The SMILES string of the molecule is COc1ccc(OC)c(COC(=O)CN2C(=O)N[C@@](C)(c3ccccc3)C2=O)c1. The highest BCUT2D eigenvalue weighted by Gasteiger charge is 2.49. The average Bonchev–Trinajstić information content (AvgIpc) is 2.96. The first-order chi connectivity index (χ1) is 13.9. The molecule has 152 valence electrons. The molecule has 0 aromatic heterocycles. The third kappa shape index (κ3) is 4.01. The summed E-state index contributed by atoms with van der Waals surface area (Å²) in [6.45, 7) is 1.03. The van der Waals surface area contributed by atoms with Gasteiger partial charge in [-0.2, -0.15) is 0 Å². The Labute approximate surface area is 168 Å². The summed E-state index contributed by atoms with van der Waals surface area (Å²) in [7, 11) is 3.03. The Bertz CT molecular complexity index is 930. The Hall–Kier alpha value is -3.55. The van der Waals surface area contributed by atoms with Gasteiger partial charge < -0.3 is 19.5 Å². The Balaban J connectivity index is 1.67. The number of benzene rings is 2. The van der Waals surface area contributed by atoms with Crippen LogP contribution in [0.4, 0.5) is 4.79 Å². The molecule has 1 heterocycles. The van der Waals surface area contributed by atoms with Crippen LogP contribution in [0.1, 0.15) is 18.1 Å². The van der Waals surface area contributed by atoms with Gasteiger partial charge >= 0.3 is 12.0 Å². The van der Waals surface area contributed by atoms with Gasteiger partial charge in [0.2, 0.25) is 0 Å². The van der Waals surface area contributed by atoms with E-state index in [0.717, 1.165) is 4.90 Å². The molecular formula is C21H22N2O6. The normalized spacial score (nSPS) is 18.4. The summed E-state index contributed by atoms with van der Waals surface area (Å²) in [4.78, 5) is 38.3.